The van der Waals surface area contributed by atoms with Gasteiger partial charge in [0.05, 0.1) is 5.88 Å². The van der Waals surface area contributed by atoms with Crippen molar-refractivity contribution in [3.05, 3.63) is 35.6 Å². The highest BCUT2D eigenvalue weighted by molar-refractivity contribution is 6.27. The van der Waals surface area contributed by atoms with Crippen LogP contribution in [0.4, 0.5) is 4.39 Å². The van der Waals surface area contributed by atoms with Crippen LogP contribution in [0.25, 0.3) is 0 Å². The Kier molecular flexibility index (Phi) is 3.23. The van der Waals surface area contributed by atoms with E-state index in [2.05, 4.69) is 0 Å². The average Bonchev–Trinajstić information content (AvgIpc) is 2.04. The summed E-state index contributed by atoms with van der Waals surface area (Å²) in [5.41, 5.74) is 0.667. The molecule has 3 heteroatoms. The summed E-state index contributed by atoms with van der Waals surface area (Å²) >= 11 is 5.30. The molecule has 0 spiro atoms. The van der Waals surface area contributed by atoms with E-state index in [1.165, 1.54) is 12.1 Å². The Morgan fingerprint density at radius 3 is 2.83 bits per heavy atom. The smallest absolute Gasteiger partial charge is 0.151 e. The number of carbonyl (C=O) groups excluding carboxylic acids is 1. The predicted molar refractivity (Wildman–Crippen MR) is 45.8 cm³/mol. The van der Waals surface area contributed by atoms with Gasteiger partial charge in [-0.15, -0.1) is 11.6 Å². The molecule has 12 heavy (non-hydrogen) atoms. The van der Waals surface area contributed by atoms with E-state index in [1.807, 2.05) is 0 Å². The van der Waals surface area contributed by atoms with E-state index in [4.69, 9.17) is 11.6 Å². The molecule has 1 nitrogen and oxygen atoms in total. The van der Waals surface area contributed by atoms with Gasteiger partial charge in [-0.1, -0.05) is 12.1 Å². The first-order valence-corrected chi connectivity index (χ1v) is 4.08. The van der Waals surface area contributed by atoms with Crippen LogP contribution in [0.15, 0.2) is 24.3 Å². The zero-order valence-electron chi connectivity index (χ0n) is 6.39. The number of alkyl halides is 1. The Morgan fingerprint density at radius 2 is 2.25 bits per heavy atom. The largest absolute Gasteiger partial charge is 0.298 e. The molecule has 0 bridgehead atoms. The molecule has 0 N–H and O–H groups in total. The van der Waals surface area contributed by atoms with Crippen LogP contribution in [0.1, 0.15) is 5.56 Å². The second-order valence-corrected chi connectivity index (χ2v) is 2.75. The quantitative estimate of drug-likeness (QED) is 0.662. The van der Waals surface area contributed by atoms with Crippen molar-refractivity contribution in [1.82, 2.24) is 0 Å². The summed E-state index contributed by atoms with van der Waals surface area (Å²) in [7, 11) is 0. The third kappa shape index (κ3) is 2.62. The van der Waals surface area contributed by atoms with Gasteiger partial charge < -0.3 is 0 Å². The molecule has 0 atom stereocenters. The second-order valence-electron chi connectivity index (χ2n) is 2.48. The molecular formula is C9H8ClFO. The summed E-state index contributed by atoms with van der Waals surface area (Å²) in [5, 5.41) is 0. The number of benzene rings is 1. The Balaban J connectivity index is 2.69. The molecule has 64 valence electrons. The van der Waals surface area contributed by atoms with Gasteiger partial charge in [-0.05, 0) is 17.7 Å². The highest BCUT2D eigenvalue weighted by Crippen LogP contribution is 2.04. The molecule has 1 aromatic carbocycles. The molecule has 1 aromatic rings. The first-order chi connectivity index (χ1) is 5.72. The van der Waals surface area contributed by atoms with E-state index >= 15 is 0 Å². The van der Waals surface area contributed by atoms with Crippen LogP contribution in [-0.4, -0.2) is 11.7 Å². The molecule has 0 aliphatic rings. The average molecular weight is 187 g/mol. The lowest BCUT2D eigenvalue weighted by Gasteiger charge is -1.97. The predicted octanol–water partition coefficient (Wildman–Crippen LogP) is 2.18. The lowest BCUT2D eigenvalue weighted by molar-refractivity contribution is -0.116. The Morgan fingerprint density at radius 1 is 1.50 bits per heavy atom. The van der Waals surface area contributed by atoms with Gasteiger partial charge >= 0.3 is 0 Å². The topological polar surface area (TPSA) is 17.1 Å². The van der Waals surface area contributed by atoms with Crippen molar-refractivity contribution in [2.45, 2.75) is 6.42 Å². The molecule has 0 aliphatic heterocycles. The first kappa shape index (κ1) is 9.20. The monoisotopic (exact) mass is 186 g/mol. The van der Waals surface area contributed by atoms with Gasteiger partial charge in [0.1, 0.15) is 5.82 Å². The molecule has 0 heterocycles. The van der Waals surface area contributed by atoms with E-state index in [-0.39, 0.29) is 23.9 Å². The number of hydrogen-bond acceptors (Lipinski definition) is 1. The summed E-state index contributed by atoms with van der Waals surface area (Å²) in [6, 6.07) is 5.96. The fourth-order valence-electron chi connectivity index (χ4n) is 0.922. The van der Waals surface area contributed by atoms with Gasteiger partial charge in [0.25, 0.3) is 0 Å². The van der Waals surface area contributed by atoms with Gasteiger partial charge in [-0.2, -0.15) is 0 Å². The van der Waals surface area contributed by atoms with Crippen molar-refractivity contribution < 1.29 is 9.18 Å². The van der Waals surface area contributed by atoms with Crippen LogP contribution in [0.5, 0.6) is 0 Å². The van der Waals surface area contributed by atoms with Gasteiger partial charge in [-0.3, -0.25) is 4.79 Å². The van der Waals surface area contributed by atoms with E-state index < -0.39 is 0 Å². The number of ketones is 1. The Labute approximate surface area is 75.2 Å². The molecule has 0 fully saturated rings. The molecule has 0 radical (unpaired) electrons. The molecular weight excluding hydrogens is 179 g/mol. The highest BCUT2D eigenvalue weighted by Gasteiger charge is 2.01. The number of halogens is 2. The van der Waals surface area contributed by atoms with Crippen LogP contribution in [0, 0.1) is 5.82 Å². The third-order valence-electron chi connectivity index (χ3n) is 1.44. The van der Waals surface area contributed by atoms with Crippen molar-refractivity contribution >= 4 is 17.4 Å². The minimum absolute atomic E-state index is 0.0173. The van der Waals surface area contributed by atoms with Gasteiger partial charge in [0.15, 0.2) is 5.78 Å². The van der Waals surface area contributed by atoms with Gasteiger partial charge in [0, 0.05) is 6.42 Å². The van der Waals surface area contributed by atoms with Crippen molar-refractivity contribution in [3.63, 3.8) is 0 Å². The Hall–Kier alpha value is -0.890. The van der Waals surface area contributed by atoms with Crippen LogP contribution < -0.4 is 0 Å². The molecule has 0 saturated heterocycles. The summed E-state index contributed by atoms with van der Waals surface area (Å²) in [6.45, 7) is 0. The van der Waals surface area contributed by atoms with E-state index in [0.717, 1.165) is 0 Å². The molecule has 0 unspecified atom stereocenters. The standard InChI is InChI=1S/C9H8ClFO/c10-6-9(12)5-7-2-1-3-8(11)4-7/h1-4H,5-6H2. The zero-order chi connectivity index (χ0) is 8.97. The first-order valence-electron chi connectivity index (χ1n) is 3.54. The van der Waals surface area contributed by atoms with Crippen molar-refractivity contribution in [3.8, 4) is 0 Å². The lowest BCUT2D eigenvalue weighted by atomic mass is 10.1. The molecule has 0 saturated carbocycles. The van der Waals surface area contributed by atoms with E-state index in [9.17, 15) is 9.18 Å². The number of rotatable bonds is 3. The third-order valence-corrected chi connectivity index (χ3v) is 1.74. The fraction of sp³-hybridized carbons (Fsp3) is 0.222. The normalized spacial score (nSPS) is 9.83. The van der Waals surface area contributed by atoms with Crippen molar-refractivity contribution in [1.29, 1.82) is 0 Å². The number of carbonyl (C=O) groups is 1. The van der Waals surface area contributed by atoms with Crippen LogP contribution in [-0.2, 0) is 11.2 Å². The van der Waals surface area contributed by atoms with Crippen LogP contribution in [0.2, 0.25) is 0 Å². The number of Topliss-reactive ketones (excluding diaryl/α,β-unsaturated/α-hetero) is 1. The van der Waals surface area contributed by atoms with Gasteiger partial charge in [-0.25, -0.2) is 4.39 Å². The lowest BCUT2D eigenvalue weighted by Crippen LogP contribution is -2.03. The maximum atomic E-state index is 12.6. The van der Waals surface area contributed by atoms with E-state index in [1.54, 1.807) is 12.1 Å². The summed E-state index contributed by atoms with van der Waals surface area (Å²) in [5.74, 6) is -0.437. The zero-order valence-corrected chi connectivity index (χ0v) is 7.14. The summed E-state index contributed by atoms with van der Waals surface area (Å²) < 4.78 is 12.6. The number of hydrogen-bond donors (Lipinski definition) is 0. The minimum atomic E-state index is -0.324. The van der Waals surface area contributed by atoms with Crippen molar-refractivity contribution in [2.24, 2.45) is 0 Å². The molecule has 1 rings (SSSR count). The molecule has 0 amide bonds. The fourth-order valence-corrected chi connectivity index (χ4v) is 1.02. The Bertz CT molecular complexity index is 286. The van der Waals surface area contributed by atoms with Crippen molar-refractivity contribution in [2.75, 3.05) is 5.88 Å². The second kappa shape index (κ2) is 4.21. The maximum absolute atomic E-state index is 12.6. The SMILES string of the molecule is O=C(CCl)Cc1cccc(F)c1. The molecule has 0 aliphatic carbocycles. The highest BCUT2D eigenvalue weighted by atomic mass is 35.5. The maximum Gasteiger partial charge on any atom is 0.151 e. The van der Waals surface area contributed by atoms with Crippen LogP contribution in [0.3, 0.4) is 0 Å². The van der Waals surface area contributed by atoms with E-state index in [0.29, 0.717) is 5.56 Å². The summed E-state index contributed by atoms with van der Waals surface area (Å²) in [6.07, 6.45) is 0.210. The minimum Gasteiger partial charge on any atom is -0.298 e. The van der Waals surface area contributed by atoms with Crippen LogP contribution >= 0.6 is 11.6 Å². The molecule has 0 aromatic heterocycles. The van der Waals surface area contributed by atoms with Gasteiger partial charge in [0.2, 0.25) is 0 Å². The summed E-state index contributed by atoms with van der Waals surface area (Å²) in [4.78, 5) is 10.8.